The SMILES string of the molecule is C=CCOc1ccccc1/C=C(\C#N)C(=O)Nc1sc(C)c(C)c1C(=O)OCC. The average molecular weight is 410 g/mol. The Labute approximate surface area is 174 Å². The van der Waals surface area contributed by atoms with Gasteiger partial charge in [0.1, 0.15) is 29.0 Å². The first-order chi connectivity index (χ1) is 13.9. The molecule has 0 aliphatic carbocycles. The summed E-state index contributed by atoms with van der Waals surface area (Å²) in [6, 6.07) is 8.98. The second-order valence-corrected chi connectivity index (χ2v) is 7.19. The number of aryl methyl sites for hydroxylation is 1. The Hall–Kier alpha value is -3.37. The van der Waals surface area contributed by atoms with E-state index in [1.807, 2.05) is 13.0 Å². The van der Waals surface area contributed by atoms with Gasteiger partial charge in [0.05, 0.1) is 12.2 Å². The van der Waals surface area contributed by atoms with Gasteiger partial charge >= 0.3 is 5.97 Å². The summed E-state index contributed by atoms with van der Waals surface area (Å²) in [5.41, 5.74) is 1.53. The zero-order chi connectivity index (χ0) is 21.4. The molecular formula is C22H22N2O4S. The highest BCUT2D eigenvalue weighted by Gasteiger charge is 2.23. The first-order valence-electron chi connectivity index (χ1n) is 8.95. The highest BCUT2D eigenvalue weighted by molar-refractivity contribution is 7.16. The molecule has 0 fully saturated rings. The lowest BCUT2D eigenvalue weighted by molar-refractivity contribution is -0.112. The Balaban J connectivity index is 2.34. The van der Waals surface area contributed by atoms with Crippen molar-refractivity contribution in [1.82, 2.24) is 0 Å². The van der Waals surface area contributed by atoms with Gasteiger partial charge in [-0.3, -0.25) is 4.79 Å². The molecule has 2 rings (SSSR count). The first-order valence-corrected chi connectivity index (χ1v) is 9.77. The van der Waals surface area contributed by atoms with E-state index in [1.165, 1.54) is 17.4 Å². The molecule has 2 aromatic rings. The number of benzene rings is 1. The van der Waals surface area contributed by atoms with Gasteiger partial charge in [-0.2, -0.15) is 5.26 Å². The lowest BCUT2D eigenvalue weighted by Gasteiger charge is -2.08. The Kier molecular flexibility index (Phi) is 7.75. The van der Waals surface area contributed by atoms with Crippen molar-refractivity contribution in [2.24, 2.45) is 0 Å². The molecule has 0 bridgehead atoms. The molecule has 29 heavy (non-hydrogen) atoms. The number of thiophene rings is 1. The number of hydrogen-bond donors (Lipinski definition) is 1. The summed E-state index contributed by atoms with van der Waals surface area (Å²) in [7, 11) is 0. The van der Waals surface area contributed by atoms with Gasteiger partial charge in [0.25, 0.3) is 5.91 Å². The minimum Gasteiger partial charge on any atom is -0.489 e. The number of amides is 1. The first kappa shape index (κ1) is 21.9. The lowest BCUT2D eigenvalue weighted by Crippen LogP contribution is -2.16. The predicted molar refractivity (Wildman–Crippen MR) is 114 cm³/mol. The number of ether oxygens (including phenoxy) is 2. The highest BCUT2D eigenvalue weighted by atomic mass is 32.1. The highest BCUT2D eigenvalue weighted by Crippen LogP contribution is 2.33. The van der Waals surface area contributed by atoms with Crippen LogP contribution >= 0.6 is 11.3 Å². The van der Waals surface area contributed by atoms with E-state index in [4.69, 9.17) is 9.47 Å². The van der Waals surface area contributed by atoms with Crippen LogP contribution in [0.1, 0.15) is 33.3 Å². The minimum atomic E-state index is -0.613. The summed E-state index contributed by atoms with van der Waals surface area (Å²) in [4.78, 5) is 25.9. The fourth-order valence-electron chi connectivity index (χ4n) is 2.52. The fourth-order valence-corrected chi connectivity index (χ4v) is 3.56. The Bertz CT molecular complexity index is 999. The minimum absolute atomic E-state index is 0.113. The summed E-state index contributed by atoms with van der Waals surface area (Å²) in [6.45, 7) is 9.50. The van der Waals surface area contributed by atoms with Gasteiger partial charge < -0.3 is 14.8 Å². The van der Waals surface area contributed by atoms with Crippen molar-refractivity contribution in [2.75, 3.05) is 18.5 Å². The second-order valence-electron chi connectivity index (χ2n) is 5.97. The monoisotopic (exact) mass is 410 g/mol. The zero-order valence-electron chi connectivity index (χ0n) is 16.6. The van der Waals surface area contributed by atoms with Crippen molar-refractivity contribution in [2.45, 2.75) is 20.8 Å². The van der Waals surface area contributed by atoms with Crippen LogP contribution in [0.3, 0.4) is 0 Å². The molecule has 6 nitrogen and oxygen atoms in total. The maximum atomic E-state index is 12.7. The van der Waals surface area contributed by atoms with E-state index in [2.05, 4.69) is 11.9 Å². The maximum Gasteiger partial charge on any atom is 0.341 e. The Morgan fingerprint density at radius 2 is 2.03 bits per heavy atom. The Morgan fingerprint density at radius 3 is 2.69 bits per heavy atom. The number of carbonyl (C=O) groups is 2. The smallest absolute Gasteiger partial charge is 0.341 e. The van der Waals surface area contributed by atoms with E-state index < -0.39 is 11.9 Å². The number of carbonyl (C=O) groups excluding carboxylic acids is 2. The van der Waals surface area contributed by atoms with Crippen molar-refractivity contribution < 1.29 is 19.1 Å². The molecule has 0 atom stereocenters. The number of anilines is 1. The molecule has 1 N–H and O–H groups in total. The van der Waals surface area contributed by atoms with E-state index in [-0.39, 0.29) is 12.2 Å². The van der Waals surface area contributed by atoms with Gasteiger partial charge in [-0.1, -0.05) is 30.9 Å². The molecule has 0 saturated heterocycles. The average Bonchev–Trinajstić information content (AvgIpc) is 2.98. The van der Waals surface area contributed by atoms with Crippen LogP contribution in [0, 0.1) is 25.2 Å². The Morgan fingerprint density at radius 1 is 1.31 bits per heavy atom. The molecule has 0 aliphatic rings. The summed E-state index contributed by atoms with van der Waals surface area (Å²) in [6.07, 6.45) is 3.06. The van der Waals surface area contributed by atoms with Crippen LogP contribution in [-0.2, 0) is 9.53 Å². The van der Waals surface area contributed by atoms with E-state index in [9.17, 15) is 14.9 Å². The van der Waals surface area contributed by atoms with Gasteiger partial charge in [-0.15, -0.1) is 11.3 Å². The number of hydrogen-bond acceptors (Lipinski definition) is 6. The van der Waals surface area contributed by atoms with Crippen LogP contribution in [0.2, 0.25) is 0 Å². The molecular weight excluding hydrogens is 388 g/mol. The number of nitrogens with zero attached hydrogens (tertiary/aromatic N) is 1. The van der Waals surface area contributed by atoms with Crippen LogP contribution in [0.4, 0.5) is 5.00 Å². The van der Waals surface area contributed by atoms with Crippen molar-refractivity contribution >= 4 is 34.3 Å². The molecule has 0 unspecified atom stereocenters. The zero-order valence-corrected chi connectivity index (χ0v) is 17.4. The van der Waals surface area contributed by atoms with Gasteiger partial charge in [-0.25, -0.2) is 4.79 Å². The van der Waals surface area contributed by atoms with Gasteiger partial charge in [0.2, 0.25) is 0 Å². The summed E-state index contributed by atoms with van der Waals surface area (Å²) in [5, 5.41) is 12.5. The largest absolute Gasteiger partial charge is 0.489 e. The molecule has 0 aliphatic heterocycles. The van der Waals surface area contributed by atoms with Gasteiger partial charge in [0.15, 0.2) is 0 Å². The van der Waals surface area contributed by atoms with Crippen LogP contribution in [0.25, 0.3) is 6.08 Å². The molecule has 7 heteroatoms. The van der Waals surface area contributed by atoms with Crippen molar-refractivity contribution in [3.8, 4) is 11.8 Å². The summed E-state index contributed by atoms with van der Waals surface area (Å²) < 4.78 is 10.7. The van der Waals surface area contributed by atoms with E-state index in [1.54, 1.807) is 44.2 Å². The molecule has 150 valence electrons. The quantitative estimate of drug-likeness (QED) is 0.296. The number of para-hydroxylation sites is 1. The fraction of sp³-hybridized carbons (Fsp3) is 0.227. The van der Waals surface area contributed by atoms with Crippen molar-refractivity contribution in [1.29, 1.82) is 5.26 Å². The molecule has 0 saturated carbocycles. The van der Waals surface area contributed by atoms with Gasteiger partial charge in [0, 0.05) is 10.4 Å². The topological polar surface area (TPSA) is 88.4 Å². The van der Waals surface area contributed by atoms with E-state index in [0.717, 1.165) is 10.4 Å². The third kappa shape index (κ3) is 5.33. The normalized spacial score (nSPS) is 10.8. The third-order valence-corrected chi connectivity index (χ3v) is 5.16. The summed E-state index contributed by atoms with van der Waals surface area (Å²) in [5.74, 6) is -0.587. The van der Waals surface area contributed by atoms with Crippen molar-refractivity contribution in [3.63, 3.8) is 0 Å². The molecule has 0 radical (unpaired) electrons. The molecule has 1 heterocycles. The molecule has 1 amide bonds. The molecule has 1 aromatic carbocycles. The van der Waals surface area contributed by atoms with E-state index in [0.29, 0.717) is 28.5 Å². The predicted octanol–water partition coefficient (Wildman–Crippen LogP) is 4.65. The van der Waals surface area contributed by atoms with E-state index >= 15 is 0 Å². The van der Waals surface area contributed by atoms with Crippen LogP contribution in [0.15, 0.2) is 42.5 Å². The number of nitrogens with one attached hydrogen (secondary N) is 1. The standard InChI is InChI=1S/C22H22N2O4S/c1-5-11-28-18-10-8-7-9-16(18)12-17(13-23)20(25)24-21-19(22(26)27-6-2)14(3)15(4)29-21/h5,7-10,12H,1,6,11H2,2-4H3,(H,24,25)/b17-12+. The number of rotatable bonds is 8. The molecule has 0 spiro atoms. The number of nitriles is 1. The van der Waals surface area contributed by atoms with Gasteiger partial charge in [-0.05, 0) is 38.5 Å². The lowest BCUT2D eigenvalue weighted by atomic mass is 10.1. The van der Waals surface area contributed by atoms with Crippen LogP contribution in [0.5, 0.6) is 5.75 Å². The number of esters is 1. The summed E-state index contributed by atoms with van der Waals surface area (Å²) >= 11 is 1.27. The van der Waals surface area contributed by atoms with Crippen LogP contribution in [-0.4, -0.2) is 25.1 Å². The van der Waals surface area contributed by atoms with Crippen LogP contribution < -0.4 is 10.1 Å². The molecule has 1 aromatic heterocycles. The maximum absolute atomic E-state index is 12.7. The second kappa shape index (κ2) is 10.2. The van der Waals surface area contributed by atoms with Crippen molar-refractivity contribution in [3.05, 3.63) is 64.1 Å². The third-order valence-electron chi connectivity index (χ3n) is 4.03.